The second-order valence-electron chi connectivity index (χ2n) is 5.83. The molecule has 9 nitrogen and oxygen atoms in total. The maximum atomic E-state index is 11.3. The Labute approximate surface area is 176 Å². The van der Waals surface area contributed by atoms with Gasteiger partial charge in [-0.2, -0.15) is 0 Å². The van der Waals surface area contributed by atoms with Gasteiger partial charge in [0.05, 0.1) is 14.7 Å². The minimum absolute atomic E-state index is 0.0234. The van der Waals surface area contributed by atoms with Crippen LogP contribution in [0.3, 0.4) is 0 Å². The highest BCUT2D eigenvalue weighted by Crippen LogP contribution is 2.24. The van der Waals surface area contributed by atoms with Crippen LogP contribution in [-0.4, -0.2) is 24.5 Å². The summed E-state index contributed by atoms with van der Waals surface area (Å²) >= 11 is 5.49. The lowest BCUT2D eigenvalue weighted by Crippen LogP contribution is -1.96. The van der Waals surface area contributed by atoms with Crippen molar-refractivity contribution >= 4 is 32.8 Å². The maximum absolute atomic E-state index is 11.3. The molecular formula is C19H15ClN2O7S. The Hall–Kier alpha value is -3.50. The predicted octanol–water partition coefficient (Wildman–Crippen LogP) is 5.04. The van der Waals surface area contributed by atoms with Crippen LogP contribution in [0.1, 0.15) is 0 Å². The van der Waals surface area contributed by atoms with Crippen molar-refractivity contribution in [2.45, 2.75) is 4.90 Å². The molecule has 3 aromatic carbocycles. The molecule has 3 aromatic rings. The summed E-state index contributed by atoms with van der Waals surface area (Å²) in [4.78, 5) is 19.8. The smallest absolute Gasteiger partial charge is 0.269 e. The van der Waals surface area contributed by atoms with Gasteiger partial charge >= 0.3 is 0 Å². The molecule has 0 saturated carbocycles. The number of benzene rings is 3. The molecule has 3 rings (SSSR count). The fourth-order valence-corrected chi connectivity index (χ4v) is 2.85. The third kappa shape index (κ3) is 6.83. The average Bonchev–Trinajstić information content (AvgIpc) is 2.69. The third-order valence-electron chi connectivity index (χ3n) is 3.57. The van der Waals surface area contributed by atoms with Gasteiger partial charge in [-0.1, -0.05) is 11.6 Å². The first-order chi connectivity index (χ1) is 14.1. The molecular weight excluding hydrogens is 436 g/mol. The lowest BCUT2D eigenvalue weighted by Gasteiger charge is -2.06. The summed E-state index contributed by atoms with van der Waals surface area (Å²) in [5.74, 6) is 0.883. The van der Waals surface area contributed by atoms with Gasteiger partial charge in [0.1, 0.15) is 11.5 Å². The first-order valence-electron chi connectivity index (χ1n) is 8.18. The minimum atomic E-state index is -3.24. The van der Waals surface area contributed by atoms with Gasteiger partial charge in [-0.05, 0) is 48.5 Å². The number of nitro benzene ring substituents is 2. The largest absolute Gasteiger partial charge is 0.457 e. The van der Waals surface area contributed by atoms with Crippen LogP contribution in [0.2, 0.25) is 5.02 Å². The van der Waals surface area contributed by atoms with E-state index in [1.807, 2.05) is 0 Å². The first kappa shape index (κ1) is 22.8. The zero-order valence-electron chi connectivity index (χ0n) is 15.5. The molecule has 0 atom stereocenters. The fourth-order valence-electron chi connectivity index (χ4n) is 2.09. The molecule has 0 unspecified atom stereocenters. The molecule has 0 amide bonds. The quantitative estimate of drug-likeness (QED) is 0.393. The summed E-state index contributed by atoms with van der Waals surface area (Å²) in [7, 11) is -3.24. The second-order valence-corrected chi connectivity index (χ2v) is 8.28. The number of nitrogens with zero attached hydrogens (tertiary/aromatic N) is 2. The molecule has 30 heavy (non-hydrogen) atoms. The van der Waals surface area contributed by atoms with E-state index in [-0.39, 0.29) is 16.3 Å². The monoisotopic (exact) mass is 450 g/mol. The third-order valence-corrected chi connectivity index (χ3v) is 4.95. The molecule has 0 fully saturated rings. The van der Waals surface area contributed by atoms with E-state index in [0.29, 0.717) is 16.5 Å². The van der Waals surface area contributed by atoms with Crippen molar-refractivity contribution in [3.05, 3.63) is 98.0 Å². The standard InChI is InChI=1S/C13H11NO5S.C6H4ClNO2/c1-20(17,18)13-8-6-12(7-9-13)19-11-4-2-10(3-5-11)14(15)16;7-5-1-3-6(4-2-5)8(9)10/h2-9H,1H3;1-4H. The van der Waals surface area contributed by atoms with Crippen LogP contribution >= 0.6 is 11.6 Å². The molecule has 0 aliphatic rings. The number of ether oxygens (including phenoxy) is 1. The highest BCUT2D eigenvalue weighted by Gasteiger charge is 2.08. The highest BCUT2D eigenvalue weighted by molar-refractivity contribution is 7.90. The van der Waals surface area contributed by atoms with Gasteiger partial charge in [0.2, 0.25) is 0 Å². The topological polar surface area (TPSA) is 130 Å². The molecule has 0 heterocycles. The van der Waals surface area contributed by atoms with Crippen molar-refractivity contribution < 1.29 is 23.0 Å². The van der Waals surface area contributed by atoms with Gasteiger partial charge in [0, 0.05) is 35.5 Å². The number of non-ortho nitro benzene ring substituents is 2. The van der Waals surface area contributed by atoms with Crippen molar-refractivity contribution in [3.8, 4) is 11.5 Å². The molecule has 0 spiro atoms. The number of hydrogen-bond acceptors (Lipinski definition) is 7. The normalized spacial score (nSPS) is 10.5. The van der Waals surface area contributed by atoms with Crippen LogP contribution in [-0.2, 0) is 9.84 Å². The van der Waals surface area contributed by atoms with Crippen molar-refractivity contribution in [1.29, 1.82) is 0 Å². The number of nitro groups is 2. The van der Waals surface area contributed by atoms with Gasteiger partial charge in [-0.15, -0.1) is 0 Å². The van der Waals surface area contributed by atoms with Crippen molar-refractivity contribution in [2.24, 2.45) is 0 Å². The fraction of sp³-hybridized carbons (Fsp3) is 0.0526. The van der Waals surface area contributed by atoms with E-state index in [4.69, 9.17) is 16.3 Å². The van der Waals surface area contributed by atoms with Crippen LogP contribution in [0, 0.1) is 20.2 Å². The van der Waals surface area contributed by atoms with Crippen LogP contribution in [0.25, 0.3) is 0 Å². The van der Waals surface area contributed by atoms with E-state index in [2.05, 4.69) is 0 Å². The van der Waals surface area contributed by atoms with Crippen molar-refractivity contribution in [2.75, 3.05) is 6.26 Å². The van der Waals surface area contributed by atoms with Crippen LogP contribution in [0.15, 0.2) is 77.7 Å². The number of sulfone groups is 1. The Morgan fingerprint density at radius 3 is 1.47 bits per heavy atom. The molecule has 0 radical (unpaired) electrons. The van der Waals surface area contributed by atoms with Gasteiger partial charge in [0.15, 0.2) is 9.84 Å². The van der Waals surface area contributed by atoms with E-state index >= 15 is 0 Å². The van der Waals surface area contributed by atoms with Crippen molar-refractivity contribution in [1.82, 2.24) is 0 Å². The molecule has 0 N–H and O–H groups in total. The SMILES string of the molecule is CS(=O)(=O)c1ccc(Oc2ccc([N+](=O)[O-])cc2)cc1.O=[N+]([O-])c1ccc(Cl)cc1. The lowest BCUT2D eigenvalue weighted by atomic mass is 10.3. The minimum Gasteiger partial charge on any atom is -0.457 e. The molecule has 156 valence electrons. The second kappa shape index (κ2) is 9.81. The molecule has 0 aromatic heterocycles. The Morgan fingerprint density at radius 1 is 0.733 bits per heavy atom. The molecule has 0 bridgehead atoms. The first-order valence-corrected chi connectivity index (χ1v) is 10.5. The Balaban J connectivity index is 0.000000269. The highest BCUT2D eigenvalue weighted by atomic mass is 35.5. The van der Waals surface area contributed by atoms with Crippen LogP contribution < -0.4 is 4.74 Å². The Morgan fingerprint density at radius 2 is 1.10 bits per heavy atom. The summed E-state index contributed by atoms with van der Waals surface area (Å²) < 4.78 is 28.1. The van der Waals surface area contributed by atoms with Crippen molar-refractivity contribution in [3.63, 3.8) is 0 Å². The average molecular weight is 451 g/mol. The summed E-state index contributed by atoms with van der Waals surface area (Å²) in [6, 6.07) is 17.2. The van der Waals surface area contributed by atoms with E-state index in [0.717, 1.165) is 6.26 Å². The Kier molecular flexibility index (Phi) is 7.45. The summed E-state index contributed by atoms with van der Waals surface area (Å²) in [6.07, 6.45) is 1.12. The van der Waals surface area contributed by atoms with Gasteiger partial charge in [-0.25, -0.2) is 8.42 Å². The maximum Gasteiger partial charge on any atom is 0.269 e. The summed E-state index contributed by atoms with van der Waals surface area (Å²) in [5.41, 5.74) is 0.0363. The number of halogens is 1. The van der Waals surface area contributed by atoms with E-state index < -0.39 is 19.7 Å². The number of rotatable bonds is 5. The molecule has 0 aliphatic heterocycles. The zero-order valence-corrected chi connectivity index (χ0v) is 17.0. The molecule has 0 aliphatic carbocycles. The van der Waals surface area contributed by atoms with Gasteiger partial charge in [-0.3, -0.25) is 20.2 Å². The summed E-state index contributed by atoms with van der Waals surface area (Å²) in [6.45, 7) is 0. The summed E-state index contributed by atoms with van der Waals surface area (Å²) in [5, 5.41) is 21.1. The van der Waals surface area contributed by atoms with Crippen LogP contribution in [0.4, 0.5) is 11.4 Å². The zero-order chi connectivity index (χ0) is 22.3. The number of hydrogen-bond donors (Lipinski definition) is 0. The molecule has 11 heteroatoms. The van der Waals surface area contributed by atoms with E-state index in [9.17, 15) is 28.6 Å². The van der Waals surface area contributed by atoms with E-state index in [1.165, 1.54) is 72.8 Å². The molecule has 0 saturated heterocycles. The predicted molar refractivity (Wildman–Crippen MR) is 111 cm³/mol. The Bertz CT molecular complexity index is 1130. The van der Waals surface area contributed by atoms with Crippen LogP contribution in [0.5, 0.6) is 11.5 Å². The van der Waals surface area contributed by atoms with E-state index in [1.54, 1.807) is 0 Å². The lowest BCUT2D eigenvalue weighted by molar-refractivity contribution is -0.385. The van der Waals surface area contributed by atoms with Gasteiger partial charge < -0.3 is 4.74 Å². The van der Waals surface area contributed by atoms with Gasteiger partial charge in [0.25, 0.3) is 11.4 Å².